The Morgan fingerprint density at radius 1 is 1.38 bits per heavy atom. The molecular formula is C10H10IO4P. The van der Waals surface area contributed by atoms with Crippen LogP contribution in [-0.4, -0.2) is 16.9 Å². The van der Waals surface area contributed by atoms with Gasteiger partial charge in [0.05, 0.1) is 18.6 Å². The zero-order valence-corrected chi connectivity index (χ0v) is 11.6. The summed E-state index contributed by atoms with van der Waals surface area (Å²) < 4.78 is 5.20. The number of benzene rings is 1. The molecule has 0 radical (unpaired) electrons. The molecule has 0 aliphatic carbocycles. The molecule has 0 heterocycles. The molecule has 0 spiro atoms. The number of Topliss-reactive ketones (excluding diaryl/α,β-unsaturated/α-hetero) is 1. The number of carbonyl (C=O) groups excluding carboxylic acids is 1. The van der Waals surface area contributed by atoms with Crippen molar-refractivity contribution < 1.29 is 19.2 Å². The average Bonchev–Trinajstić information content (AvgIpc) is 2.25. The molecule has 86 valence electrons. The first-order valence-electron chi connectivity index (χ1n) is 4.40. The van der Waals surface area contributed by atoms with Gasteiger partial charge < -0.3 is 9.63 Å². The van der Waals surface area contributed by atoms with Crippen LogP contribution in [-0.2, 0) is 11.1 Å². The van der Waals surface area contributed by atoms with Crippen LogP contribution in [0.25, 0.3) is 0 Å². The molecule has 1 unspecified atom stereocenters. The van der Waals surface area contributed by atoms with Crippen LogP contribution in [0.1, 0.15) is 33.2 Å². The van der Waals surface area contributed by atoms with E-state index in [4.69, 9.17) is 9.63 Å². The monoisotopic (exact) mass is 352 g/mol. The number of carboxylic acid groups (broad SMARTS) is 1. The Hall–Kier alpha value is -0.520. The van der Waals surface area contributed by atoms with Crippen molar-refractivity contribution in [2.24, 2.45) is 0 Å². The van der Waals surface area contributed by atoms with Gasteiger partial charge in [-0.1, -0.05) is 0 Å². The van der Waals surface area contributed by atoms with Crippen LogP contribution in [0.4, 0.5) is 0 Å². The van der Waals surface area contributed by atoms with Gasteiger partial charge in [0.25, 0.3) is 0 Å². The van der Waals surface area contributed by atoms with E-state index in [0.29, 0.717) is 24.2 Å². The number of carboxylic acids is 1. The third-order valence-electron chi connectivity index (χ3n) is 1.94. The highest BCUT2D eigenvalue weighted by Crippen LogP contribution is 2.24. The number of hydrogen-bond acceptors (Lipinski definition) is 3. The van der Waals surface area contributed by atoms with E-state index in [0.717, 1.165) is 0 Å². The zero-order valence-electron chi connectivity index (χ0n) is 8.49. The maximum Gasteiger partial charge on any atom is 0.335 e. The van der Waals surface area contributed by atoms with E-state index in [2.05, 4.69) is 22.0 Å². The van der Waals surface area contributed by atoms with Gasteiger partial charge in [-0.3, -0.25) is 4.79 Å². The minimum Gasteiger partial charge on any atom is -0.478 e. The smallest absolute Gasteiger partial charge is 0.335 e. The summed E-state index contributed by atoms with van der Waals surface area (Å²) in [5.74, 6) is -1.19. The van der Waals surface area contributed by atoms with Crippen molar-refractivity contribution in [3.05, 3.63) is 34.9 Å². The van der Waals surface area contributed by atoms with Crippen molar-refractivity contribution in [1.82, 2.24) is 0 Å². The average molecular weight is 352 g/mol. The van der Waals surface area contributed by atoms with E-state index in [9.17, 15) is 9.59 Å². The number of carbonyl (C=O) groups is 2. The molecule has 1 atom stereocenters. The number of hydrogen-bond donors (Lipinski definition) is 1. The van der Waals surface area contributed by atoms with Crippen LogP contribution in [0, 0.1) is 0 Å². The van der Waals surface area contributed by atoms with E-state index in [1.165, 1.54) is 19.1 Å². The summed E-state index contributed by atoms with van der Waals surface area (Å²) in [6.07, 6.45) is 0. The van der Waals surface area contributed by atoms with Gasteiger partial charge in [0.15, 0.2) is 5.78 Å². The Balaban J connectivity index is 3.08. The lowest BCUT2D eigenvalue weighted by Crippen LogP contribution is -2.02. The molecule has 0 bridgehead atoms. The fraction of sp³-hybridized carbons (Fsp3) is 0.200. The first-order valence-corrected chi connectivity index (χ1v) is 8.42. The molecule has 1 aromatic carbocycles. The third kappa shape index (κ3) is 3.81. The number of ketones is 1. The molecular weight excluding hydrogens is 342 g/mol. The second kappa shape index (κ2) is 6.27. The second-order valence-corrected chi connectivity index (χ2v) is 4.91. The molecule has 0 saturated carbocycles. The van der Waals surface area contributed by atoms with Crippen molar-refractivity contribution in [1.29, 1.82) is 0 Å². The zero-order chi connectivity index (χ0) is 12.1. The quantitative estimate of drug-likeness (QED) is 0.503. The van der Waals surface area contributed by atoms with E-state index in [1.54, 1.807) is 6.07 Å². The summed E-state index contributed by atoms with van der Waals surface area (Å²) in [7, 11) is 0. The molecule has 16 heavy (non-hydrogen) atoms. The summed E-state index contributed by atoms with van der Waals surface area (Å²) >= 11 is 2.08. The van der Waals surface area contributed by atoms with Crippen molar-refractivity contribution >= 4 is 40.2 Å². The lowest BCUT2D eigenvalue weighted by Gasteiger charge is -2.05. The number of aromatic carboxylic acids is 1. The maximum atomic E-state index is 11.2. The Morgan fingerprint density at radius 3 is 2.50 bits per heavy atom. The summed E-state index contributed by atoms with van der Waals surface area (Å²) in [6, 6.07) is 4.55. The predicted octanol–water partition coefficient (Wildman–Crippen LogP) is 3.05. The number of halogens is 1. The van der Waals surface area contributed by atoms with Crippen LogP contribution in [0.15, 0.2) is 18.2 Å². The molecule has 1 N–H and O–H groups in total. The molecule has 0 fully saturated rings. The highest BCUT2D eigenvalue weighted by atomic mass is 127. The third-order valence-corrected chi connectivity index (χ3v) is 3.13. The predicted molar refractivity (Wildman–Crippen MR) is 70.5 cm³/mol. The summed E-state index contributed by atoms with van der Waals surface area (Å²) in [4.78, 5) is 22.1. The van der Waals surface area contributed by atoms with Crippen molar-refractivity contribution in [3.8, 4) is 0 Å². The number of rotatable bonds is 5. The van der Waals surface area contributed by atoms with Crippen molar-refractivity contribution in [3.63, 3.8) is 0 Å². The van der Waals surface area contributed by atoms with Gasteiger partial charge in [0.2, 0.25) is 0 Å². The molecule has 0 amide bonds. The van der Waals surface area contributed by atoms with Crippen LogP contribution in [0.2, 0.25) is 0 Å². The first-order chi connectivity index (χ1) is 7.54. The lowest BCUT2D eigenvalue weighted by molar-refractivity contribution is 0.0696. The van der Waals surface area contributed by atoms with E-state index in [-0.39, 0.29) is 11.3 Å². The van der Waals surface area contributed by atoms with Crippen molar-refractivity contribution in [2.45, 2.75) is 13.5 Å². The highest BCUT2D eigenvalue weighted by molar-refractivity contribution is 14.2. The van der Waals surface area contributed by atoms with Crippen LogP contribution >= 0.6 is 28.5 Å². The largest absolute Gasteiger partial charge is 0.478 e. The van der Waals surface area contributed by atoms with Gasteiger partial charge in [0, 0.05) is 5.56 Å². The summed E-state index contributed by atoms with van der Waals surface area (Å²) in [5.41, 5.74) is 1.22. The minimum atomic E-state index is -1.04. The van der Waals surface area contributed by atoms with Crippen LogP contribution in [0.5, 0.6) is 0 Å². The standard InChI is InChI=1S/C10H10IO4P/c1-6(12)8-2-7(5-15-16-11)3-9(4-8)10(13)14/h2-4,16H,5H2,1H3,(H,13,14). The van der Waals surface area contributed by atoms with Gasteiger partial charge in [-0.2, -0.15) is 0 Å². The first kappa shape index (κ1) is 13.5. The van der Waals surface area contributed by atoms with Gasteiger partial charge in [0.1, 0.15) is 0 Å². The fourth-order valence-electron chi connectivity index (χ4n) is 1.21. The van der Waals surface area contributed by atoms with Crippen LogP contribution in [0.3, 0.4) is 0 Å². The Bertz CT molecular complexity index is 387. The summed E-state index contributed by atoms with van der Waals surface area (Å²) in [5, 5.41) is 8.89. The summed E-state index contributed by atoms with van der Waals surface area (Å²) in [6.45, 7) is 2.03. The second-order valence-electron chi connectivity index (χ2n) is 3.15. The van der Waals surface area contributed by atoms with E-state index in [1.807, 2.05) is 0 Å². The molecule has 1 rings (SSSR count). The van der Waals surface area contributed by atoms with Gasteiger partial charge in [-0.05, 0) is 52.7 Å². The SMILES string of the molecule is CC(=O)c1cc(COPI)cc(C(=O)O)c1. The molecule has 0 aliphatic rings. The van der Waals surface area contributed by atoms with Gasteiger partial charge in [-0.25, -0.2) is 4.79 Å². The highest BCUT2D eigenvalue weighted by Gasteiger charge is 2.09. The van der Waals surface area contributed by atoms with E-state index >= 15 is 0 Å². The lowest BCUT2D eigenvalue weighted by atomic mass is 10.0. The molecule has 1 aromatic rings. The minimum absolute atomic E-state index is 0.114. The molecule has 0 aliphatic heterocycles. The molecule has 0 saturated heterocycles. The Kier molecular flexibility index (Phi) is 5.31. The normalized spacial score (nSPS) is 10.9. The molecule has 6 heteroatoms. The van der Waals surface area contributed by atoms with Crippen molar-refractivity contribution in [2.75, 3.05) is 0 Å². The fourth-order valence-corrected chi connectivity index (χ4v) is 1.90. The van der Waals surface area contributed by atoms with Gasteiger partial charge in [-0.15, -0.1) is 0 Å². The Morgan fingerprint density at radius 2 is 2.00 bits per heavy atom. The molecule has 0 aromatic heterocycles. The van der Waals surface area contributed by atoms with Gasteiger partial charge >= 0.3 is 5.97 Å². The Labute approximate surface area is 108 Å². The van der Waals surface area contributed by atoms with Crippen LogP contribution < -0.4 is 0 Å². The molecule has 4 nitrogen and oxygen atoms in total. The topological polar surface area (TPSA) is 63.6 Å². The maximum absolute atomic E-state index is 11.2. The van der Waals surface area contributed by atoms with E-state index < -0.39 is 5.97 Å².